The van der Waals surface area contributed by atoms with Crippen LogP contribution in [0.5, 0.6) is 5.75 Å². The fraction of sp³-hybridized carbons (Fsp3) is 0.533. The Morgan fingerprint density at radius 2 is 1.91 bits per heavy atom. The molecule has 4 nitrogen and oxygen atoms in total. The summed E-state index contributed by atoms with van der Waals surface area (Å²) in [7, 11) is 1.58. The van der Waals surface area contributed by atoms with E-state index in [9.17, 15) is 13.2 Å². The molecule has 0 aromatic heterocycles. The van der Waals surface area contributed by atoms with Crippen molar-refractivity contribution in [3.05, 3.63) is 29.6 Å². The Hall–Kier alpha value is -1.19. The van der Waals surface area contributed by atoms with Crippen molar-refractivity contribution in [2.24, 2.45) is 10.9 Å². The maximum Gasteiger partial charge on any atom is 0.387 e. The van der Waals surface area contributed by atoms with Gasteiger partial charge in [0.1, 0.15) is 11.6 Å². The van der Waals surface area contributed by atoms with Gasteiger partial charge in [0.25, 0.3) is 0 Å². The van der Waals surface area contributed by atoms with Gasteiger partial charge in [-0.3, -0.25) is 4.99 Å². The Bertz CT molecular complexity index is 513. The number of benzene rings is 1. The lowest BCUT2D eigenvalue weighted by atomic mass is 10.1. The second kappa shape index (κ2) is 10.6. The summed E-state index contributed by atoms with van der Waals surface area (Å²) in [6.07, 6.45) is 0. The largest absolute Gasteiger partial charge is 0.434 e. The van der Waals surface area contributed by atoms with Crippen LogP contribution in [0, 0.1) is 11.7 Å². The lowest BCUT2D eigenvalue weighted by molar-refractivity contribution is -0.0506. The molecule has 132 valence electrons. The van der Waals surface area contributed by atoms with Crippen LogP contribution in [0.3, 0.4) is 0 Å². The summed E-state index contributed by atoms with van der Waals surface area (Å²) in [4.78, 5) is 4.03. The van der Waals surface area contributed by atoms with Gasteiger partial charge in [0.05, 0.1) is 0 Å². The molecule has 1 rings (SSSR count). The van der Waals surface area contributed by atoms with E-state index in [2.05, 4.69) is 34.2 Å². The minimum Gasteiger partial charge on any atom is -0.434 e. The minimum atomic E-state index is -3.00. The van der Waals surface area contributed by atoms with Crippen LogP contribution in [0.15, 0.2) is 23.2 Å². The molecular weight excluding hydrogens is 422 g/mol. The first-order chi connectivity index (χ1) is 10.3. The van der Waals surface area contributed by atoms with Gasteiger partial charge in [-0.25, -0.2) is 4.39 Å². The average Bonchev–Trinajstić information content (AvgIpc) is 2.44. The Kier molecular flexibility index (Phi) is 10.0. The molecule has 0 amide bonds. The third-order valence-corrected chi connectivity index (χ3v) is 3.31. The summed E-state index contributed by atoms with van der Waals surface area (Å²) in [6.45, 7) is 3.08. The van der Waals surface area contributed by atoms with Crippen LogP contribution in [-0.2, 0) is 6.54 Å². The van der Waals surface area contributed by atoms with Gasteiger partial charge < -0.3 is 15.4 Å². The van der Waals surface area contributed by atoms with E-state index >= 15 is 0 Å². The molecule has 0 spiro atoms. The molecular formula is C15H23F3IN3O. The van der Waals surface area contributed by atoms with Crippen LogP contribution >= 0.6 is 24.0 Å². The zero-order valence-electron chi connectivity index (χ0n) is 13.6. The van der Waals surface area contributed by atoms with Crippen molar-refractivity contribution in [1.82, 2.24) is 10.6 Å². The average molecular weight is 445 g/mol. The molecule has 0 aliphatic rings. The van der Waals surface area contributed by atoms with Crippen LogP contribution in [0.2, 0.25) is 0 Å². The molecule has 1 atom stereocenters. The van der Waals surface area contributed by atoms with E-state index in [1.807, 2.05) is 6.92 Å². The number of guanidine groups is 1. The van der Waals surface area contributed by atoms with Gasteiger partial charge in [0.15, 0.2) is 5.96 Å². The fourth-order valence-corrected chi connectivity index (χ4v) is 1.67. The highest BCUT2D eigenvalue weighted by Crippen LogP contribution is 2.23. The smallest absolute Gasteiger partial charge is 0.387 e. The first-order valence-corrected chi connectivity index (χ1v) is 7.04. The van der Waals surface area contributed by atoms with E-state index in [0.29, 0.717) is 11.9 Å². The molecule has 0 saturated heterocycles. The molecule has 1 aromatic rings. The minimum absolute atomic E-state index is 0. The highest BCUT2D eigenvalue weighted by molar-refractivity contribution is 14.0. The summed E-state index contributed by atoms with van der Waals surface area (Å²) in [5.41, 5.74) is 0.0305. The van der Waals surface area contributed by atoms with Gasteiger partial charge in [-0.1, -0.05) is 19.9 Å². The molecule has 1 unspecified atom stereocenters. The Morgan fingerprint density at radius 1 is 1.26 bits per heavy atom. The standard InChI is InChI=1S/C15H22F3N3O.HI/c1-9(2)10(3)21-15(19-4)20-8-11-12(16)6-5-7-13(11)22-14(17)18;/h5-7,9-10,14H,8H2,1-4H3,(H2,19,20,21);1H. The predicted molar refractivity (Wildman–Crippen MR) is 96.1 cm³/mol. The third kappa shape index (κ3) is 7.28. The van der Waals surface area contributed by atoms with Crippen LogP contribution in [-0.4, -0.2) is 25.7 Å². The van der Waals surface area contributed by atoms with Crippen LogP contribution in [0.4, 0.5) is 13.2 Å². The molecule has 0 aliphatic heterocycles. The van der Waals surface area contributed by atoms with Crippen LogP contribution in [0.1, 0.15) is 26.3 Å². The van der Waals surface area contributed by atoms with Crippen LogP contribution < -0.4 is 15.4 Å². The lowest BCUT2D eigenvalue weighted by Crippen LogP contribution is -2.44. The van der Waals surface area contributed by atoms with Crippen molar-refractivity contribution in [3.63, 3.8) is 0 Å². The number of hydrogen-bond donors (Lipinski definition) is 2. The van der Waals surface area contributed by atoms with E-state index in [0.717, 1.165) is 0 Å². The molecule has 1 aromatic carbocycles. The van der Waals surface area contributed by atoms with Crippen molar-refractivity contribution in [1.29, 1.82) is 0 Å². The molecule has 0 aliphatic carbocycles. The van der Waals surface area contributed by atoms with Gasteiger partial charge in [-0.05, 0) is 25.0 Å². The summed E-state index contributed by atoms with van der Waals surface area (Å²) >= 11 is 0. The van der Waals surface area contributed by atoms with Crippen molar-refractivity contribution < 1.29 is 17.9 Å². The fourth-order valence-electron chi connectivity index (χ4n) is 1.67. The van der Waals surface area contributed by atoms with Gasteiger partial charge >= 0.3 is 6.61 Å². The quantitative estimate of drug-likeness (QED) is 0.399. The van der Waals surface area contributed by atoms with Gasteiger partial charge in [0.2, 0.25) is 0 Å². The summed E-state index contributed by atoms with van der Waals surface area (Å²) in [5, 5.41) is 6.04. The zero-order chi connectivity index (χ0) is 16.7. The first kappa shape index (κ1) is 21.8. The summed E-state index contributed by atoms with van der Waals surface area (Å²) < 4.78 is 42.9. The van der Waals surface area contributed by atoms with E-state index in [4.69, 9.17) is 0 Å². The second-order valence-electron chi connectivity index (χ2n) is 5.20. The summed E-state index contributed by atoms with van der Waals surface area (Å²) in [5.74, 6) is 0.0464. The van der Waals surface area contributed by atoms with E-state index in [-0.39, 0.29) is 47.9 Å². The normalized spacial score (nSPS) is 12.8. The third-order valence-electron chi connectivity index (χ3n) is 3.31. The summed E-state index contributed by atoms with van der Waals surface area (Å²) in [6, 6.07) is 3.98. The molecule has 0 heterocycles. The molecule has 8 heteroatoms. The topological polar surface area (TPSA) is 45.7 Å². The van der Waals surface area contributed by atoms with Crippen molar-refractivity contribution in [2.45, 2.75) is 40.0 Å². The van der Waals surface area contributed by atoms with Crippen molar-refractivity contribution >= 4 is 29.9 Å². The van der Waals surface area contributed by atoms with Crippen molar-refractivity contribution in [3.8, 4) is 5.75 Å². The molecule has 0 saturated carbocycles. The number of halogens is 4. The zero-order valence-corrected chi connectivity index (χ0v) is 15.9. The molecule has 0 fully saturated rings. The van der Waals surface area contributed by atoms with E-state index < -0.39 is 12.4 Å². The highest BCUT2D eigenvalue weighted by Gasteiger charge is 2.15. The number of aliphatic imine (C=N–C) groups is 1. The number of hydrogen-bond acceptors (Lipinski definition) is 2. The Labute approximate surface area is 151 Å². The lowest BCUT2D eigenvalue weighted by Gasteiger charge is -2.21. The van der Waals surface area contributed by atoms with Gasteiger partial charge in [-0.15, -0.1) is 24.0 Å². The maximum atomic E-state index is 13.8. The second-order valence-corrected chi connectivity index (χ2v) is 5.20. The first-order valence-electron chi connectivity index (χ1n) is 7.04. The Morgan fingerprint density at radius 3 is 2.43 bits per heavy atom. The van der Waals surface area contributed by atoms with Crippen LogP contribution in [0.25, 0.3) is 0 Å². The monoisotopic (exact) mass is 445 g/mol. The Balaban J connectivity index is 0.00000484. The molecule has 0 bridgehead atoms. The number of nitrogens with zero attached hydrogens (tertiary/aromatic N) is 1. The van der Waals surface area contributed by atoms with Gasteiger partial charge in [-0.2, -0.15) is 8.78 Å². The van der Waals surface area contributed by atoms with E-state index in [1.165, 1.54) is 18.2 Å². The SMILES string of the molecule is CN=C(NCc1c(F)cccc1OC(F)F)NC(C)C(C)C.I. The van der Waals surface area contributed by atoms with Gasteiger partial charge in [0, 0.05) is 25.2 Å². The number of rotatable bonds is 6. The number of alkyl halides is 2. The van der Waals surface area contributed by atoms with E-state index in [1.54, 1.807) is 7.05 Å². The molecule has 23 heavy (non-hydrogen) atoms. The number of ether oxygens (including phenoxy) is 1. The number of nitrogens with one attached hydrogen (secondary N) is 2. The van der Waals surface area contributed by atoms with Crippen molar-refractivity contribution in [2.75, 3.05) is 7.05 Å². The molecule has 2 N–H and O–H groups in total. The maximum absolute atomic E-state index is 13.8. The highest BCUT2D eigenvalue weighted by atomic mass is 127. The molecule has 0 radical (unpaired) electrons. The predicted octanol–water partition coefficient (Wildman–Crippen LogP) is 3.75.